The molecule has 2 aliphatic rings. The first-order valence-electron chi connectivity index (χ1n) is 11.6. The zero-order chi connectivity index (χ0) is 22.7. The lowest BCUT2D eigenvalue weighted by atomic mass is 9.76. The van der Waals surface area contributed by atoms with Crippen LogP contribution in [0.2, 0.25) is 0 Å². The highest BCUT2D eigenvalue weighted by Crippen LogP contribution is 2.37. The number of carbonyl (C=O) groups is 2. The lowest BCUT2D eigenvalue weighted by Gasteiger charge is -2.36. The highest BCUT2D eigenvalue weighted by Gasteiger charge is 2.39. The van der Waals surface area contributed by atoms with Gasteiger partial charge in [0.25, 0.3) is 5.91 Å². The summed E-state index contributed by atoms with van der Waals surface area (Å²) in [7, 11) is 0. The van der Waals surface area contributed by atoms with Crippen LogP contribution >= 0.6 is 0 Å². The zero-order valence-electron chi connectivity index (χ0n) is 19.3. The van der Waals surface area contributed by atoms with Crippen molar-refractivity contribution in [2.45, 2.75) is 53.0 Å². The maximum Gasteiger partial charge on any atom is 0.338 e. The second-order valence-corrected chi connectivity index (χ2v) is 9.35. The molecule has 1 spiro atoms. The monoisotopic (exact) mass is 439 g/mol. The van der Waals surface area contributed by atoms with Crippen LogP contribution in [0.5, 0.6) is 0 Å². The first kappa shape index (κ1) is 22.5. The Bertz CT molecular complexity index is 974. The lowest BCUT2D eigenvalue weighted by molar-refractivity contribution is 0.0151. The van der Waals surface area contributed by atoms with Gasteiger partial charge < -0.3 is 14.8 Å². The summed E-state index contributed by atoms with van der Waals surface area (Å²) in [6.45, 7) is 9.09. The van der Waals surface area contributed by atoms with Crippen LogP contribution in [-0.4, -0.2) is 48.0 Å². The Morgan fingerprint density at radius 1 is 1.28 bits per heavy atom. The molecular weight excluding hydrogens is 406 g/mol. The highest BCUT2D eigenvalue weighted by atomic mass is 16.5. The fraction of sp³-hybridized carbons (Fsp3) is 0.560. The minimum absolute atomic E-state index is 0.0170. The van der Waals surface area contributed by atoms with Crippen LogP contribution in [0.15, 0.2) is 24.3 Å². The van der Waals surface area contributed by atoms with Gasteiger partial charge in [-0.1, -0.05) is 31.5 Å². The van der Waals surface area contributed by atoms with E-state index < -0.39 is 0 Å². The third-order valence-electron chi connectivity index (χ3n) is 6.68. The number of benzene rings is 1. The molecule has 172 valence electrons. The summed E-state index contributed by atoms with van der Waals surface area (Å²) in [5.74, 6) is -0.272. The van der Waals surface area contributed by atoms with Gasteiger partial charge in [-0.05, 0) is 50.2 Å². The van der Waals surface area contributed by atoms with Gasteiger partial charge in [0.15, 0.2) is 0 Å². The average Bonchev–Trinajstić information content (AvgIpc) is 3.06. The van der Waals surface area contributed by atoms with Gasteiger partial charge in [-0.2, -0.15) is 5.10 Å². The fourth-order valence-electron chi connectivity index (χ4n) is 4.66. The normalized spacial score (nSPS) is 18.5. The number of hydrogen-bond acceptors (Lipinski definition) is 5. The SMILES string of the molecule is CCc1nn(C[C@@H](C)COC(=O)c2ccc(C)cc2)c2c1C(=O)NCC1(CCOCC1)C2. The van der Waals surface area contributed by atoms with E-state index in [4.69, 9.17) is 14.6 Å². The topological polar surface area (TPSA) is 82.5 Å². The predicted molar refractivity (Wildman–Crippen MR) is 121 cm³/mol. The molecule has 1 aromatic heterocycles. The second-order valence-electron chi connectivity index (χ2n) is 9.35. The van der Waals surface area contributed by atoms with Crippen LogP contribution < -0.4 is 5.32 Å². The summed E-state index contributed by atoms with van der Waals surface area (Å²) in [5.41, 5.74) is 4.26. The fourth-order valence-corrected chi connectivity index (χ4v) is 4.66. The molecule has 0 radical (unpaired) electrons. The van der Waals surface area contributed by atoms with Crippen LogP contribution in [0.1, 0.15) is 64.4 Å². The molecule has 0 saturated carbocycles. The predicted octanol–water partition coefficient (Wildman–Crippen LogP) is 3.33. The van der Waals surface area contributed by atoms with Gasteiger partial charge in [0.1, 0.15) is 0 Å². The third-order valence-corrected chi connectivity index (χ3v) is 6.68. The number of aryl methyl sites for hydroxylation is 2. The minimum atomic E-state index is -0.314. The van der Waals surface area contributed by atoms with Crippen molar-refractivity contribution in [2.24, 2.45) is 11.3 Å². The quantitative estimate of drug-likeness (QED) is 0.698. The first-order chi connectivity index (χ1) is 15.4. The number of nitrogens with zero attached hydrogens (tertiary/aromatic N) is 2. The van der Waals surface area contributed by atoms with E-state index in [1.54, 1.807) is 12.1 Å². The van der Waals surface area contributed by atoms with Crippen molar-refractivity contribution in [3.05, 3.63) is 52.3 Å². The van der Waals surface area contributed by atoms with Crippen molar-refractivity contribution in [2.75, 3.05) is 26.4 Å². The summed E-state index contributed by atoms with van der Waals surface area (Å²) in [6.07, 6.45) is 3.38. The first-order valence-corrected chi connectivity index (χ1v) is 11.6. The molecule has 1 saturated heterocycles. The molecule has 32 heavy (non-hydrogen) atoms. The maximum absolute atomic E-state index is 12.9. The van der Waals surface area contributed by atoms with Gasteiger partial charge in [0.05, 0.1) is 29.1 Å². The van der Waals surface area contributed by atoms with Crippen LogP contribution in [0.25, 0.3) is 0 Å². The number of fused-ring (bicyclic) bond motifs is 1. The lowest BCUT2D eigenvalue weighted by Crippen LogP contribution is -2.41. The summed E-state index contributed by atoms with van der Waals surface area (Å²) < 4.78 is 13.1. The van der Waals surface area contributed by atoms with Crippen molar-refractivity contribution in [3.63, 3.8) is 0 Å². The Morgan fingerprint density at radius 2 is 2.00 bits per heavy atom. The molecule has 4 rings (SSSR count). The second kappa shape index (κ2) is 9.45. The molecule has 1 amide bonds. The Kier molecular flexibility index (Phi) is 6.65. The number of esters is 1. The maximum atomic E-state index is 12.9. The van der Waals surface area contributed by atoms with Crippen molar-refractivity contribution in [3.8, 4) is 0 Å². The summed E-state index contributed by atoms with van der Waals surface area (Å²) >= 11 is 0. The van der Waals surface area contributed by atoms with E-state index in [1.165, 1.54) is 0 Å². The van der Waals surface area contributed by atoms with Crippen molar-refractivity contribution < 1.29 is 19.1 Å². The van der Waals surface area contributed by atoms with Crippen LogP contribution in [0, 0.1) is 18.3 Å². The molecular formula is C25H33N3O4. The molecule has 2 aliphatic heterocycles. The van der Waals surface area contributed by atoms with Crippen LogP contribution in [0.4, 0.5) is 0 Å². The van der Waals surface area contributed by atoms with E-state index in [0.29, 0.717) is 31.7 Å². The molecule has 0 unspecified atom stereocenters. The van der Waals surface area contributed by atoms with E-state index in [-0.39, 0.29) is 23.2 Å². The molecule has 7 nitrogen and oxygen atoms in total. The molecule has 1 N–H and O–H groups in total. The molecule has 0 bridgehead atoms. The molecule has 1 aromatic carbocycles. The molecule has 2 aromatic rings. The molecule has 1 fully saturated rings. The Morgan fingerprint density at radius 3 is 2.69 bits per heavy atom. The highest BCUT2D eigenvalue weighted by molar-refractivity contribution is 5.97. The standard InChI is InChI=1S/C25H33N3O4/c1-4-20-22-21(13-25(16-26-23(22)29)9-11-31-12-10-25)28(27-20)14-18(3)15-32-24(30)19-7-5-17(2)6-8-19/h5-8,18H,4,9-16H2,1-3H3,(H,26,29)/t18-/m1/s1. The number of aromatic nitrogens is 2. The zero-order valence-corrected chi connectivity index (χ0v) is 19.3. The Labute approximate surface area is 189 Å². The number of rotatable bonds is 6. The number of nitrogens with one attached hydrogen (secondary N) is 1. The smallest absolute Gasteiger partial charge is 0.338 e. The average molecular weight is 440 g/mol. The number of hydrogen-bond donors (Lipinski definition) is 1. The summed E-state index contributed by atoms with van der Waals surface area (Å²) in [6, 6.07) is 7.38. The molecule has 3 heterocycles. The van der Waals surface area contributed by atoms with E-state index >= 15 is 0 Å². The van der Waals surface area contributed by atoms with Gasteiger partial charge in [-0.3, -0.25) is 9.48 Å². The molecule has 1 atom stereocenters. The Balaban J connectivity index is 1.49. The van der Waals surface area contributed by atoms with Crippen molar-refractivity contribution in [1.82, 2.24) is 15.1 Å². The van der Waals surface area contributed by atoms with Crippen molar-refractivity contribution in [1.29, 1.82) is 0 Å². The van der Waals surface area contributed by atoms with Gasteiger partial charge in [-0.25, -0.2) is 4.79 Å². The number of ether oxygens (including phenoxy) is 2. The van der Waals surface area contributed by atoms with E-state index in [1.807, 2.05) is 37.6 Å². The molecule has 7 heteroatoms. The third kappa shape index (κ3) is 4.72. The van der Waals surface area contributed by atoms with E-state index in [0.717, 1.165) is 55.0 Å². The number of carbonyl (C=O) groups excluding carboxylic acids is 2. The van der Waals surface area contributed by atoms with Gasteiger partial charge in [-0.15, -0.1) is 0 Å². The summed E-state index contributed by atoms with van der Waals surface area (Å²) in [5, 5.41) is 7.95. The van der Waals surface area contributed by atoms with E-state index in [9.17, 15) is 9.59 Å². The minimum Gasteiger partial charge on any atom is -0.462 e. The molecule has 0 aliphatic carbocycles. The number of amides is 1. The summed E-state index contributed by atoms with van der Waals surface area (Å²) in [4.78, 5) is 25.3. The van der Waals surface area contributed by atoms with Gasteiger partial charge >= 0.3 is 5.97 Å². The Hall–Kier alpha value is -2.67. The van der Waals surface area contributed by atoms with E-state index in [2.05, 4.69) is 5.32 Å². The van der Waals surface area contributed by atoms with Crippen molar-refractivity contribution >= 4 is 11.9 Å². The van der Waals surface area contributed by atoms with Gasteiger partial charge in [0.2, 0.25) is 0 Å². The van der Waals surface area contributed by atoms with Crippen LogP contribution in [0.3, 0.4) is 0 Å². The van der Waals surface area contributed by atoms with Crippen LogP contribution in [-0.2, 0) is 28.9 Å². The van der Waals surface area contributed by atoms with Gasteiger partial charge in [0, 0.05) is 32.2 Å². The largest absolute Gasteiger partial charge is 0.462 e.